The molecule has 8 heteroatoms. The van der Waals surface area contributed by atoms with Crippen LogP contribution in [0.4, 0.5) is 0 Å². The molecule has 1 aromatic rings. The first-order valence-electron chi connectivity index (χ1n) is 6.03. The number of aromatic nitrogens is 2. The first-order chi connectivity index (χ1) is 8.79. The van der Waals surface area contributed by atoms with Crippen molar-refractivity contribution in [1.82, 2.24) is 19.6 Å². The zero-order valence-corrected chi connectivity index (χ0v) is 12.0. The maximum Gasteiger partial charge on any atom is 0.260 e. The third-order valence-electron chi connectivity index (χ3n) is 3.51. The van der Waals surface area contributed by atoms with Crippen molar-refractivity contribution in [3.63, 3.8) is 0 Å². The number of hydrogen-bond donors (Lipinski definition) is 2. The predicted molar refractivity (Wildman–Crippen MR) is 68.9 cm³/mol. The Labute approximate surface area is 112 Å². The number of nitrogens with one attached hydrogen (secondary N) is 2. The van der Waals surface area contributed by atoms with E-state index >= 15 is 0 Å². The number of nitrogens with zero attached hydrogens (tertiary/aromatic N) is 2. The van der Waals surface area contributed by atoms with Gasteiger partial charge in [-0.2, -0.15) is 4.31 Å². The number of carbonyl (C=O) groups is 1. The minimum atomic E-state index is -3.60. The minimum absolute atomic E-state index is 0.0751. The van der Waals surface area contributed by atoms with Crippen LogP contribution in [0.3, 0.4) is 0 Å². The lowest BCUT2D eigenvalue weighted by Gasteiger charge is -2.22. The molecule has 0 spiro atoms. The second-order valence-electron chi connectivity index (χ2n) is 5.06. The van der Waals surface area contributed by atoms with Crippen LogP contribution in [-0.4, -0.2) is 48.7 Å². The number of H-pyrrole nitrogens is 1. The maximum atomic E-state index is 12.4. The molecule has 2 heterocycles. The van der Waals surface area contributed by atoms with E-state index in [9.17, 15) is 13.2 Å². The average Bonchev–Trinajstić information content (AvgIpc) is 2.96. The predicted octanol–water partition coefficient (Wildman–Crippen LogP) is -0.135. The van der Waals surface area contributed by atoms with E-state index in [-0.39, 0.29) is 17.5 Å². The van der Waals surface area contributed by atoms with Crippen LogP contribution in [0, 0.1) is 12.3 Å². The van der Waals surface area contributed by atoms with Gasteiger partial charge in [0.2, 0.25) is 5.91 Å². The van der Waals surface area contributed by atoms with E-state index in [0.29, 0.717) is 18.8 Å². The molecule has 7 nitrogen and oxygen atoms in total. The molecule has 1 fully saturated rings. The smallest absolute Gasteiger partial charge is 0.260 e. The fourth-order valence-electron chi connectivity index (χ4n) is 2.28. The highest BCUT2D eigenvalue weighted by molar-refractivity contribution is 7.89. The highest BCUT2D eigenvalue weighted by Crippen LogP contribution is 2.33. The highest BCUT2D eigenvalue weighted by atomic mass is 32.2. The summed E-state index contributed by atoms with van der Waals surface area (Å²) in [5, 5.41) is 2.66. The van der Waals surface area contributed by atoms with Crippen LogP contribution in [0.25, 0.3) is 0 Å². The number of imidazole rings is 1. The van der Waals surface area contributed by atoms with Gasteiger partial charge in [0.25, 0.3) is 10.0 Å². The molecule has 1 unspecified atom stereocenters. The van der Waals surface area contributed by atoms with Crippen molar-refractivity contribution in [2.75, 3.05) is 20.1 Å². The van der Waals surface area contributed by atoms with Gasteiger partial charge in [-0.05, 0) is 20.3 Å². The third-order valence-corrected chi connectivity index (χ3v) is 5.27. The number of sulfonamides is 1. The minimum Gasteiger partial charge on any atom is -0.359 e. The Balaban J connectivity index is 2.24. The van der Waals surface area contributed by atoms with Gasteiger partial charge in [0.05, 0.1) is 11.6 Å². The molecule has 1 aliphatic rings. The van der Waals surface area contributed by atoms with E-state index in [1.807, 2.05) is 0 Å². The van der Waals surface area contributed by atoms with E-state index in [2.05, 4.69) is 15.3 Å². The molecular formula is C11H18N4O3S. The Kier molecular flexibility index (Phi) is 3.40. The summed E-state index contributed by atoms with van der Waals surface area (Å²) in [5.41, 5.74) is -0.670. The van der Waals surface area contributed by atoms with Gasteiger partial charge in [-0.3, -0.25) is 4.79 Å². The molecule has 1 aliphatic heterocycles. The first kappa shape index (κ1) is 14.0. The van der Waals surface area contributed by atoms with E-state index in [1.54, 1.807) is 20.9 Å². The van der Waals surface area contributed by atoms with Crippen molar-refractivity contribution < 1.29 is 13.2 Å². The van der Waals surface area contributed by atoms with Crippen LogP contribution in [0.15, 0.2) is 11.2 Å². The molecule has 1 amide bonds. The van der Waals surface area contributed by atoms with Crippen LogP contribution >= 0.6 is 0 Å². The number of carbonyl (C=O) groups excluding carboxylic acids is 1. The summed E-state index contributed by atoms with van der Waals surface area (Å²) < 4.78 is 26.1. The number of rotatable bonds is 3. The number of hydrogen-bond acceptors (Lipinski definition) is 4. The second-order valence-corrected chi connectivity index (χ2v) is 6.97. The van der Waals surface area contributed by atoms with Gasteiger partial charge >= 0.3 is 0 Å². The molecule has 2 N–H and O–H groups in total. The molecule has 19 heavy (non-hydrogen) atoms. The van der Waals surface area contributed by atoms with Crippen molar-refractivity contribution >= 4 is 15.9 Å². The van der Waals surface area contributed by atoms with Crippen molar-refractivity contribution in [2.45, 2.75) is 25.3 Å². The summed E-state index contributed by atoms with van der Waals surface area (Å²) in [4.78, 5) is 18.4. The Morgan fingerprint density at radius 3 is 2.79 bits per heavy atom. The lowest BCUT2D eigenvalue weighted by molar-refractivity contribution is -0.128. The molecule has 0 bridgehead atoms. The van der Waals surface area contributed by atoms with Crippen LogP contribution in [-0.2, 0) is 14.8 Å². The van der Waals surface area contributed by atoms with Gasteiger partial charge in [-0.1, -0.05) is 0 Å². The molecule has 0 aliphatic carbocycles. The zero-order chi connectivity index (χ0) is 14.3. The maximum absolute atomic E-state index is 12.4. The van der Waals surface area contributed by atoms with Crippen LogP contribution in [0.5, 0.6) is 0 Å². The first-order valence-corrected chi connectivity index (χ1v) is 7.47. The van der Waals surface area contributed by atoms with E-state index in [1.165, 1.54) is 10.5 Å². The van der Waals surface area contributed by atoms with Crippen LogP contribution < -0.4 is 5.32 Å². The van der Waals surface area contributed by atoms with Gasteiger partial charge in [0.15, 0.2) is 5.03 Å². The van der Waals surface area contributed by atoms with E-state index in [4.69, 9.17) is 0 Å². The largest absolute Gasteiger partial charge is 0.359 e. The molecule has 1 saturated heterocycles. The summed E-state index contributed by atoms with van der Waals surface area (Å²) in [7, 11) is -2.04. The van der Waals surface area contributed by atoms with E-state index in [0.717, 1.165) is 0 Å². The van der Waals surface area contributed by atoms with Crippen molar-refractivity contribution in [3.8, 4) is 0 Å². The van der Waals surface area contributed by atoms with Gasteiger partial charge < -0.3 is 10.3 Å². The topological polar surface area (TPSA) is 95.2 Å². The molecular weight excluding hydrogens is 268 g/mol. The van der Waals surface area contributed by atoms with Crippen molar-refractivity contribution in [3.05, 3.63) is 12.0 Å². The summed E-state index contributed by atoms with van der Waals surface area (Å²) in [6.45, 7) is 3.99. The zero-order valence-electron chi connectivity index (χ0n) is 11.2. The quantitative estimate of drug-likeness (QED) is 0.809. The molecule has 0 radical (unpaired) electrons. The Morgan fingerprint density at radius 2 is 2.26 bits per heavy atom. The fraction of sp³-hybridized carbons (Fsp3) is 0.636. The summed E-state index contributed by atoms with van der Waals surface area (Å²) in [6.07, 6.45) is 1.82. The summed E-state index contributed by atoms with van der Waals surface area (Å²) in [5.74, 6) is 0.415. The van der Waals surface area contributed by atoms with Crippen LogP contribution in [0.1, 0.15) is 19.2 Å². The fourth-order valence-corrected chi connectivity index (χ4v) is 3.81. The SMILES string of the molecule is CNC(=O)C1(C)CCN(S(=O)(=O)c2cnc(C)[nH]2)C1. The molecule has 1 atom stereocenters. The Morgan fingerprint density at radius 1 is 1.58 bits per heavy atom. The second kappa shape index (κ2) is 4.61. The average molecular weight is 286 g/mol. The molecule has 106 valence electrons. The van der Waals surface area contributed by atoms with Gasteiger partial charge in [-0.25, -0.2) is 13.4 Å². The van der Waals surface area contributed by atoms with Gasteiger partial charge in [0.1, 0.15) is 5.82 Å². The Hall–Kier alpha value is -1.41. The van der Waals surface area contributed by atoms with E-state index < -0.39 is 15.4 Å². The molecule has 0 aromatic carbocycles. The summed E-state index contributed by atoms with van der Waals surface area (Å²) >= 11 is 0. The number of amides is 1. The highest BCUT2D eigenvalue weighted by Gasteiger charge is 2.44. The van der Waals surface area contributed by atoms with Crippen molar-refractivity contribution in [1.29, 1.82) is 0 Å². The monoisotopic (exact) mass is 286 g/mol. The molecule has 2 rings (SSSR count). The standard InChI is InChI=1S/C11H18N4O3S/c1-8-13-6-9(14-8)19(17,18)15-5-4-11(2,7-15)10(16)12-3/h6H,4-5,7H2,1-3H3,(H,12,16)(H,13,14). The normalized spacial score (nSPS) is 24.6. The number of aromatic amines is 1. The van der Waals surface area contributed by atoms with Crippen LogP contribution in [0.2, 0.25) is 0 Å². The summed E-state index contributed by atoms with van der Waals surface area (Å²) in [6, 6.07) is 0. The number of aryl methyl sites for hydroxylation is 1. The Bertz CT molecular complexity index is 595. The van der Waals surface area contributed by atoms with Gasteiger partial charge in [-0.15, -0.1) is 0 Å². The lowest BCUT2D eigenvalue weighted by atomic mass is 9.89. The third kappa shape index (κ3) is 2.37. The molecule has 0 saturated carbocycles. The van der Waals surface area contributed by atoms with Gasteiger partial charge in [0, 0.05) is 20.1 Å². The lowest BCUT2D eigenvalue weighted by Crippen LogP contribution is -2.40. The molecule has 1 aromatic heterocycles. The van der Waals surface area contributed by atoms with Crippen molar-refractivity contribution in [2.24, 2.45) is 5.41 Å².